The van der Waals surface area contributed by atoms with Gasteiger partial charge in [-0.2, -0.15) is 0 Å². The molecule has 0 fully saturated rings. The quantitative estimate of drug-likeness (QED) is 0.475. The highest BCUT2D eigenvalue weighted by atomic mass is 28.4. The molecule has 2 atom stereocenters. The summed E-state index contributed by atoms with van der Waals surface area (Å²) < 4.78 is 11.0. The van der Waals surface area contributed by atoms with Gasteiger partial charge in [0.1, 0.15) is 0 Å². The first-order valence-corrected chi connectivity index (χ1v) is 7.62. The van der Waals surface area contributed by atoms with Gasteiger partial charge in [-0.15, -0.1) is 0 Å². The van der Waals surface area contributed by atoms with E-state index in [0.717, 1.165) is 18.9 Å². The van der Waals surface area contributed by atoms with Crippen molar-refractivity contribution >= 4 is 8.56 Å². The standard InChI is InChI=1S/C9H23NO3Si/c1-5-9(11)6-7-14(4,12-3)13-8-10-2/h9-11H,5-8H2,1-4H3. The van der Waals surface area contributed by atoms with E-state index >= 15 is 0 Å². The van der Waals surface area contributed by atoms with Gasteiger partial charge in [-0.3, -0.25) is 5.32 Å². The molecule has 0 aromatic carbocycles. The molecule has 5 heteroatoms. The molecule has 0 aliphatic rings. The third kappa shape index (κ3) is 5.72. The summed E-state index contributed by atoms with van der Waals surface area (Å²) in [6, 6.07) is 0.834. The van der Waals surface area contributed by atoms with Crippen LogP contribution < -0.4 is 5.32 Å². The van der Waals surface area contributed by atoms with Gasteiger partial charge in [0.15, 0.2) is 0 Å². The van der Waals surface area contributed by atoms with Crippen LogP contribution in [-0.2, 0) is 8.85 Å². The maximum absolute atomic E-state index is 9.44. The lowest BCUT2D eigenvalue weighted by atomic mass is 10.2. The molecule has 0 saturated heterocycles. The van der Waals surface area contributed by atoms with Gasteiger partial charge in [-0.05, 0) is 32.5 Å². The van der Waals surface area contributed by atoms with E-state index in [1.54, 1.807) is 7.11 Å². The highest BCUT2D eigenvalue weighted by molar-refractivity contribution is 6.65. The van der Waals surface area contributed by atoms with Crippen LogP contribution in [0.25, 0.3) is 0 Å². The average molecular weight is 221 g/mol. The van der Waals surface area contributed by atoms with Crippen LogP contribution in [-0.4, -0.2) is 40.7 Å². The Labute approximate surface area is 87.9 Å². The fourth-order valence-corrected chi connectivity index (χ4v) is 2.86. The number of hydrogen-bond donors (Lipinski definition) is 2. The second-order valence-electron chi connectivity index (χ2n) is 3.58. The third-order valence-electron chi connectivity index (χ3n) is 2.36. The molecule has 14 heavy (non-hydrogen) atoms. The smallest absolute Gasteiger partial charge is 0.335 e. The average Bonchev–Trinajstić information content (AvgIpc) is 2.23. The van der Waals surface area contributed by atoms with Crippen LogP contribution in [0, 0.1) is 0 Å². The first-order valence-electron chi connectivity index (χ1n) is 5.09. The van der Waals surface area contributed by atoms with Gasteiger partial charge in [0.05, 0.1) is 12.8 Å². The Morgan fingerprint density at radius 3 is 2.57 bits per heavy atom. The third-order valence-corrected chi connectivity index (χ3v) is 5.17. The molecule has 0 rings (SSSR count). The first kappa shape index (κ1) is 14.1. The lowest BCUT2D eigenvalue weighted by Crippen LogP contribution is -2.40. The number of hydrogen-bond acceptors (Lipinski definition) is 4. The number of nitrogens with one attached hydrogen (secondary N) is 1. The summed E-state index contributed by atoms with van der Waals surface area (Å²) in [4.78, 5) is 0. The molecule has 0 aliphatic carbocycles. The van der Waals surface area contributed by atoms with Gasteiger partial charge in [0.25, 0.3) is 0 Å². The predicted octanol–water partition coefficient (Wildman–Crippen LogP) is 1.06. The molecular formula is C9H23NO3Si. The van der Waals surface area contributed by atoms with Gasteiger partial charge in [0, 0.05) is 7.11 Å². The second kappa shape index (κ2) is 7.36. The van der Waals surface area contributed by atoms with Gasteiger partial charge in [0.2, 0.25) is 0 Å². The topological polar surface area (TPSA) is 50.7 Å². The molecule has 86 valence electrons. The zero-order valence-corrected chi connectivity index (χ0v) is 10.7. The summed E-state index contributed by atoms with van der Waals surface area (Å²) in [5.41, 5.74) is 0. The minimum atomic E-state index is -2.05. The van der Waals surface area contributed by atoms with E-state index in [1.807, 2.05) is 20.5 Å². The SMILES string of the molecule is CCC(O)CC[Si](C)(OC)OCNC. The van der Waals surface area contributed by atoms with E-state index in [-0.39, 0.29) is 6.10 Å². The highest BCUT2D eigenvalue weighted by Gasteiger charge is 2.30. The highest BCUT2D eigenvalue weighted by Crippen LogP contribution is 2.16. The predicted molar refractivity (Wildman–Crippen MR) is 59.4 cm³/mol. The molecule has 0 aliphatic heterocycles. The number of aliphatic hydroxyl groups excluding tert-OH is 1. The van der Waals surface area contributed by atoms with Crippen molar-refractivity contribution < 1.29 is 14.0 Å². The van der Waals surface area contributed by atoms with E-state index in [2.05, 4.69) is 5.32 Å². The van der Waals surface area contributed by atoms with Crippen LogP contribution in [0.15, 0.2) is 0 Å². The molecule has 0 saturated carbocycles. The summed E-state index contributed by atoms with van der Waals surface area (Å²) in [7, 11) is 1.47. The van der Waals surface area contributed by atoms with Gasteiger partial charge < -0.3 is 14.0 Å². The van der Waals surface area contributed by atoms with Crippen LogP contribution in [0.2, 0.25) is 12.6 Å². The Morgan fingerprint density at radius 2 is 2.14 bits per heavy atom. The van der Waals surface area contributed by atoms with Gasteiger partial charge in [-0.1, -0.05) is 6.92 Å². The molecule has 0 aromatic heterocycles. The van der Waals surface area contributed by atoms with E-state index in [9.17, 15) is 5.11 Å². The fraction of sp³-hybridized carbons (Fsp3) is 1.00. The molecule has 0 bridgehead atoms. The van der Waals surface area contributed by atoms with Crippen LogP contribution in [0.5, 0.6) is 0 Å². The van der Waals surface area contributed by atoms with Crippen molar-refractivity contribution in [2.24, 2.45) is 0 Å². The second-order valence-corrected chi connectivity index (χ2v) is 7.05. The van der Waals surface area contributed by atoms with E-state index in [1.165, 1.54) is 0 Å². The summed E-state index contributed by atoms with van der Waals surface area (Å²) in [6.07, 6.45) is 1.33. The molecule has 2 unspecified atom stereocenters. The van der Waals surface area contributed by atoms with Crippen LogP contribution in [0.4, 0.5) is 0 Å². The Kier molecular flexibility index (Phi) is 7.39. The Bertz CT molecular complexity index is 148. The molecule has 0 aromatic rings. The maximum atomic E-state index is 9.44. The summed E-state index contributed by atoms with van der Waals surface area (Å²) in [5, 5.41) is 12.4. The summed E-state index contributed by atoms with van der Waals surface area (Å²) in [5.74, 6) is 0. The van der Waals surface area contributed by atoms with Crippen LogP contribution >= 0.6 is 0 Å². The monoisotopic (exact) mass is 221 g/mol. The van der Waals surface area contributed by atoms with Gasteiger partial charge >= 0.3 is 8.56 Å². The Morgan fingerprint density at radius 1 is 1.50 bits per heavy atom. The Hall–Kier alpha value is 0.0569. The minimum Gasteiger partial charge on any atom is -0.398 e. The molecule has 0 heterocycles. The van der Waals surface area contributed by atoms with Crippen LogP contribution in [0.3, 0.4) is 0 Å². The first-order chi connectivity index (χ1) is 6.58. The van der Waals surface area contributed by atoms with Crippen molar-refractivity contribution in [1.82, 2.24) is 5.32 Å². The normalized spacial score (nSPS) is 17.8. The minimum absolute atomic E-state index is 0.227. The van der Waals surface area contributed by atoms with E-state index in [4.69, 9.17) is 8.85 Å². The zero-order valence-electron chi connectivity index (χ0n) is 9.67. The largest absolute Gasteiger partial charge is 0.398 e. The van der Waals surface area contributed by atoms with Crippen molar-refractivity contribution in [3.05, 3.63) is 0 Å². The fourth-order valence-electron chi connectivity index (χ4n) is 1.09. The lowest BCUT2D eigenvalue weighted by Gasteiger charge is -2.25. The summed E-state index contributed by atoms with van der Waals surface area (Å²) >= 11 is 0. The van der Waals surface area contributed by atoms with Gasteiger partial charge in [-0.25, -0.2) is 0 Å². The molecule has 2 N–H and O–H groups in total. The van der Waals surface area contributed by atoms with Crippen LogP contribution in [0.1, 0.15) is 19.8 Å². The lowest BCUT2D eigenvalue weighted by molar-refractivity contribution is 0.151. The summed E-state index contributed by atoms with van der Waals surface area (Å²) in [6.45, 7) is 4.51. The maximum Gasteiger partial charge on any atom is 0.335 e. The zero-order chi connectivity index (χ0) is 11.0. The number of rotatable bonds is 8. The molecule has 0 radical (unpaired) electrons. The molecule has 4 nitrogen and oxygen atoms in total. The molecular weight excluding hydrogens is 198 g/mol. The van der Waals surface area contributed by atoms with Crippen molar-refractivity contribution in [3.63, 3.8) is 0 Å². The number of aliphatic hydroxyl groups is 1. The van der Waals surface area contributed by atoms with E-state index < -0.39 is 8.56 Å². The van der Waals surface area contributed by atoms with E-state index in [0.29, 0.717) is 6.73 Å². The van der Waals surface area contributed by atoms with Crippen molar-refractivity contribution in [1.29, 1.82) is 0 Å². The van der Waals surface area contributed by atoms with Crippen molar-refractivity contribution in [2.75, 3.05) is 20.9 Å². The van der Waals surface area contributed by atoms with Crippen molar-refractivity contribution in [2.45, 2.75) is 38.5 Å². The molecule has 0 amide bonds. The van der Waals surface area contributed by atoms with Crippen molar-refractivity contribution in [3.8, 4) is 0 Å². The molecule has 0 spiro atoms. The Balaban J connectivity index is 3.85.